The van der Waals surface area contributed by atoms with Crippen molar-refractivity contribution < 1.29 is 4.74 Å². The molecule has 1 fully saturated rings. The maximum absolute atomic E-state index is 6.39. The lowest BCUT2D eigenvalue weighted by Crippen LogP contribution is -2.47. The summed E-state index contributed by atoms with van der Waals surface area (Å²) in [6.07, 6.45) is 3.77. The Bertz CT molecular complexity index is 353. The summed E-state index contributed by atoms with van der Waals surface area (Å²) < 4.78 is 7.32. The van der Waals surface area contributed by atoms with Gasteiger partial charge in [-0.3, -0.25) is 4.68 Å². The van der Waals surface area contributed by atoms with E-state index in [-0.39, 0.29) is 5.54 Å². The maximum Gasteiger partial charge on any atom is 0.0624 e. The van der Waals surface area contributed by atoms with Crippen LogP contribution in [0.25, 0.3) is 0 Å². The van der Waals surface area contributed by atoms with Gasteiger partial charge in [0, 0.05) is 37.9 Å². The third-order valence-corrected chi connectivity index (χ3v) is 3.41. The quantitative estimate of drug-likeness (QED) is 0.832. The average Bonchev–Trinajstić information content (AvgIpc) is 2.60. The highest BCUT2D eigenvalue weighted by molar-refractivity contribution is 5.13. The molecule has 2 heterocycles. The molecule has 1 saturated heterocycles. The minimum absolute atomic E-state index is 0.100. The number of hydrogen-bond donors (Lipinski definition) is 1. The van der Waals surface area contributed by atoms with Crippen LogP contribution in [0.15, 0.2) is 6.07 Å². The fourth-order valence-electron chi connectivity index (χ4n) is 2.23. The molecule has 0 aliphatic carbocycles. The predicted octanol–water partition coefficient (Wildman–Crippen LogP) is 1.03. The summed E-state index contributed by atoms with van der Waals surface area (Å²) in [6.45, 7) is 3.70. The highest BCUT2D eigenvalue weighted by Crippen LogP contribution is 2.22. The first kappa shape index (κ1) is 11.6. The van der Waals surface area contributed by atoms with Crippen LogP contribution in [-0.4, -0.2) is 28.5 Å². The summed E-state index contributed by atoms with van der Waals surface area (Å²) in [6, 6.07) is 2.17. The SMILES string of the molecule is CCc1cc(CC2(N)CCOCC2)n(C)n1. The van der Waals surface area contributed by atoms with E-state index >= 15 is 0 Å². The Morgan fingerprint density at radius 1 is 1.50 bits per heavy atom. The van der Waals surface area contributed by atoms with E-state index < -0.39 is 0 Å². The third kappa shape index (κ3) is 2.44. The Hall–Kier alpha value is -0.870. The van der Waals surface area contributed by atoms with Crippen molar-refractivity contribution in [1.82, 2.24) is 9.78 Å². The van der Waals surface area contributed by atoms with Gasteiger partial charge >= 0.3 is 0 Å². The van der Waals surface area contributed by atoms with Gasteiger partial charge in [-0.1, -0.05) is 6.92 Å². The Morgan fingerprint density at radius 2 is 2.19 bits per heavy atom. The van der Waals surface area contributed by atoms with Crippen LogP contribution >= 0.6 is 0 Å². The first-order valence-electron chi connectivity index (χ1n) is 6.01. The second-order valence-corrected chi connectivity index (χ2v) is 4.76. The van der Waals surface area contributed by atoms with Crippen LogP contribution in [0.2, 0.25) is 0 Å². The first-order chi connectivity index (χ1) is 7.63. The second-order valence-electron chi connectivity index (χ2n) is 4.76. The lowest BCUT2D eigenvalue weighted by atomic mass is 9.86. The van der Waals surface area contributed by atoms with E-state index in [1.165, 1.54) is 5.69 Å². The molecule has 0 atom stereocenters. The third-order valence-electron chi connectivity index (χ3n) is 3.41. The van der Waals surface area contributed by atoms with Crippen molar-refractivity contribution in [2.75, 3.05) is 13.2 Å². The molecule has 0 unspecified atom stereocenters. The summed E-state index contributed by atoms with van der Waals surface area (Å²) in [5.41, 5.74) is 8.67. The topological polar surface area (TPSA) is 53.1 Å². The zero-order valence-corrected chi connectivity index (χ0v) is 10.2. The Labute approximate surface area is 96.8 Å². The van der Waals surface area contributed by atoms with Crippen molar-refractivity contribution in [3.63, 3.8) is 0 Å². The first-order valence-corrected chi connectivity index (χ1v) is 6.01. The van der Waals surface area contributed by atoms with E-state index in [2.05, 4.69) is 18.1 Å². The molecule has 0 bridgehead atoms. The van der Waals surface area contributed by atoms with Crippen LogP contribution in [-0.2, 0) is 24.6 Å². The largest absolute Gasteiger partial charge is 0.381 e. The van der Waals surface area contributed by atoms with E-state index in [9.17, 15) is 0 Å². The summed E-state index contributed by atoms with van der Waals surface area (Å²) in [5, 5.41) is 4.46. The number of rotatable bonds is 3. The van der Waals surface area contributed by atoms with Gasteiger partial charge < -0.3 is 10.5 Å². The van der Waals surface area contributed by atoms with Gasteiger partial charge in [0.25, 0.3) is 0 Å². The highest BCUT2D eigenvalue weighted by atomic mass is 16.5. The molecular formula is C12H21N3O. The van der Waals surface area contributed by atoms with Crippen molar-refractivity contribution in [3.8, 4) is 0 Å². The van der Waals surface area contributed by atoms with Crippen LogP contribution in [0.4, 0.5) is 0 Å². The van der Waals surface area contributed by atoms with Crippen molar-refractivity contribution >= 4 is 0 Å². The van der Waals surface area contributed by atoms with Crippen molar-refractivity contribution in [1.29, 1.82) is 0 Å². The van der Waals surface area contributed by atoms with E-state index in [4.69, 9.17) is 10.5 Å². The van der Waals surface area contributed by atoms with Gasteiger partial charge in [-0.2, -0.15) is 5.10 Å². The Kier molecular flexibility index (Phi) is 3.30. The minimum atomic E-state index is -0.100. The number of nitrogens with zero attached hydrogens (tertiary/aromatic N) is 2. The number of nitrogens with two attached hydrogens (primary N) is 1. The molecule has 2 rings (SSSR count). The smallest absolute Gasteiger partial charge is 0.0624 e. The van der Waals surface area contributed by atoms with Gasteiger partial charge in [0.15, 0.2) is 0 Å². The molecule has 0 radical (unpaired) electrons. The van der Waals surface area contributed by atoms with Gasteiger partial charge in [0.05, 0.1) is 5.69 Å². The normalized spacial score (nSPS) is 19.9. The molecule has 1 aromatic heterocycles. The predicted molar refractivity (Wildman–Crippen MR) is 63.3 cm³/mol. The van der Waals surface area contributed by atoms with E-state index in [1.54, 1.807) is 0 Å². The van der Waals surface area contributed by atoms with Crippen LogP contribution in [0.3, 0.4) is 0 Å². The van der Waals surface area contributed by atoms with Crippen LogP contribution in [0.1, 0.15) is 31.2 Å². The van der Waals surface area contributed by atoms with Gasteiger partial charge in [-0.25, -0.2) is 0 Å². The Balaban J connectivity index is 2.09. The average molecular weight is 223 g/mol. The molecule has 2 N–H and O–H groups in total. The molecule has 1 aliphatic heterocycles. The van der Waals surface area contributed by atoms with E-state index in [0.717, 1.165) is 44.6 Å². The van der Waals surface area contributed by atoms with Gasteiger partial charge in [0.1, 0.15) is 0 Å². The van der Waals surface area contributed by atoms with Gasteiger partial charge in [-0.05, 0) is 25.3 Å². The monoisotopic (exact) mass is 223 g/mol. The molecule has 0 aromatic carbocycles. The van der Waals surface area contributed by atoms with E-state index in [0.29, 0.717) is 0 Å². The van der Waals surface area contributed by atoms with Gasteiger partial charge in [-0.15, -0.1) is 0 Å². The molecule has 0 spiro atoms. The summed E-state index contributed by atoms with van der Waals surface area (Å²) in [5.74, 6) is 0. The standard InChI is InChI=1S/C12H21N3O/c1-3-10-8-11(15(2)14-10)9-12(13)4-6-16-7-5-12/h8H,3-7,9,13H2,1-2H3. The second kappa shape index (κ2) is 4.55. The summed E-state index contributed by atoms with van der Waals surface area (Å²) in [7, 11) is 2.00. The van der Waals surface area contributed by atoms with Crippen molar-refractivity contribution in [2.24, 2.45) is 12.8 Å². The molecule has 1 aromatic rings. The molecule has 16 heavy (non-hydrogen) atoms. The van der Waals surface area contributed by atoms with Crippen molar-refractivity contribution in [2.45, 2.75) is 38.1 Å². The van der Waals surface area contributed by atoms with Crippen LogP contribution < -0.4 is 5.73 Å². The lowest BCUT2D eigenvalue weighted by Gasteiger charge is -2.33. The zero-order chi connectivity index (χ0) is 11.6. The molecule has 4 heteroatoms. The van der Waals surface area contributed by atoms with Crippen LogP contribution in [0.5, 0.6) is 0 Å². The fourth-order valence-corrected chi connectivity index (χ4v) is 2.23. The van der Waals surface area contributed by atoms with E-state index in [1.807, 2.05) is 11.7 Å². The van der Waals surface area contributed by atoms with Crippen molar-refractivity contribution in [3.05, 3.63) is 17.5 Å². The maximum atomic E-state index is 6.39. The minimum Gasteiger partial charge on any atom is -0.381 e. The highest BCUT2D eigenvalue weighted by Gasteiger charge is 2.29. The molecule has 0 saturated carbocycles. The molecule has 90 valence electrons. The number of hydrogen-bond acceptors (Lipinski definition) is 3. The molecular weight excluding hydrogens is 202 g/mol. The Morgan fingerprint density at radius 3 is 2.75 bits per heavy atom. The van der Waals surface area contributed by atoms with Gasteiger partial charge in [0.2, 0.25) is 0 Å². The van der Waals surface area contributed by atoms with Crippen LogP contribution in [0, 0.1) is 0 Å². The summed E-state index contributed by atoms with van der Waals surface area (Å²) in [4.78, 5) is 0. The number of ether oxygens (including phenoxy) is 1. The molecule has 0 amide bonds. The fraction of sp³-hybridized carbons (Fsp3) is 0.750. The zero-order valence-electron chi connectivity index (χ0n) is 10.2. The number of aryl methyl sites for hydroxylation is 2. The summed E-state index contributed by atoms with van der Waals surface area (Å²) >= 11 is 0. The molecule has 1 aliphatic rings. The number of aromatic nitrogens is 2. The lowest BCUT2D eigenvalue weighted by molar-refractivity contribution is 0.0527. The molecule has 4 nitrogen and oxygen atoms in total.